The molecule has 0 spiro atoms. The normalized spacial score (nSPS) is 16.3. The monoisotopic (exact) mass is 335 g/mol. The first-order valence-corrected chi connectivity index (χ1v) is 8.14. The molecule has 0 fully saturated rings. The maximum atomic E-state index is 12.3. The van der Waals surface area contributed by atoms with Crippen molar-refractivity contribution in [2.75, 3.05) is 14.2 Å². The van der Waals surface area contributed by atoms with Gasteiger partial charge in [-0.2, -0.15) is 0 Å². The topological polar surface area (TPSA) is 38.8 Å². The lowest BCUT2D eigenvalue weighted by Gasteiger charge is -2.26. The van der Waals surface area contributed by atoms with Gasteiger partial charge < -0.3 is 14.4 Å². The molecule has 0 saturated carbocycles. The van der Waals surface area contributed by atoms with Gasteiger partial charge >= 0.3 is 5.97 Å². The highest BCUT2D eigenvalue weighted by molar-refractivity contribution is 5.91. The van der Waals surface area contributed by atoms with E-state index in [0.717, 1.165) is 16.9 Å². The van der Waals surface area contributed by atoms with Crippen LogP contribution in [0.4, 0.5) is 0 Å². The molecule has 4 heteroatoms. The van der Waals surface area contributed by atoms with Crippen LogP contribution in [0, 0.1) is 0 Å². The summed E-state index contributed by atoms with van der Waals surface area (Å²) in [4.78, 5) is 14.3. The molecule has 0 bridgehead atoms. The van der Waals surface area contributed by atoms with Crippen molar-refractivity contribution in [1.82, 2.24) is 4.90 Å². The smallest absolute Gasteiger partial charge is 0.336 e. The summed E-state index contributed by atoms with van der Waals surface area (Å²) in [6.45, 7) is 0.614. The minimum atomic E-state index is -0.316. The molecule has 0 radical (unpaired) electrons. The zero-order valence-electron chi connectivity index (χ0n) is 14.4. The third-order valence-corrected chi connectivity index (χ3v) is 4.24. The van der Waals surface area contributed by atoms with Gasteiger partial charge in [-0.3, -0.25) is 0 Å². The number of allylic oxidation sites excluding steroid dienone is 1. The van der Waals surface area contributed by atoms with E-state index >= 15 is 0 Å². The highest BCUT2D eigenvalue weighted by Gasteiger charge is 2.25. The Balaban J connectivity index is 1.88. The van der Waals surface area contributed by atoms with Gasteiger partial charge in [0.25, 0.3) is 0 Å². The zero-order valence-corrected chi connectivity index (χ0v) is 14.4. The third kappa shape index (κ3) is 3.74. The summed E-state index contributed by atoms with van der Waals surface area (Å²) in [5, 5.41) is 0. The summed E-state index contributed by atoms with van der Waals surface area (Å²) in [6, 6.07) is 17.8. The van der Waals surface area contributed by atoms with Crippen molar-refractivity contribution in [3.05, 3.63) is 89.8 Å². The average molecular weight is 335 g/mol. The Bertz CT molecular complexity index is 796. The predicted octanol–water partition coefficient (Wildman–Crippen LogP) is 3.87. The highest BCUT2D eigenvalue weighted by Crippen LogP contribution is 2.31. The van der Waals surface area contributed by atoms with E-state index in [-0.39, 0.29) is 11.9 Å². The van der Waals surface area contributed by atoms with E-state index in [0.29, 0.717) is 12.1 Å². The van der Waals surface area contributed by atoms with Crippen LogP contribution in [0.3, 0.4) is 0 Å². The van der Waals surface area contributed by atoms with Gasteiger partial charge in [0.1, 0.15) is 5.75 Å². The Labute approximate surface area is 148 Å². The minimum Gasteiger partial charge on any atom is -0.496 e. The van der Waals surface area contributed by atoms with Gasteiger partial charge in [-0.1, -0.05) is 54.6 Å². The molecule has 1 aliphatic rings. The molecule has 1 aliphatic heterocycles. The van der Waals surface area contributed by atoms with Crippen molar-refractivity contribution in [3.63, 3.8) is 0 Å². The molecule has 0 amide bonds. The van der Waals surface area contributed by atoms with Crippen LogP contribution in [0.25, 0.3) is 0 Å². The van der Waals surface area contributed by atoms with E-state index in [2.05, 4.69) is 0 Å². The van der Waals surface area contributed by atoms with Crippen molar-refractivity contribution in [3.8, 4) is 5.75 Å². The fraction of sp³-hybridized carbons (Fsp3) is 0.190. The molecule has 1 atom stereocenters. The summed E-state index contributed by atoms with van der Waals surface area (Å²) in [6.07, 6.45) is 5.88. The first kappa shape index (κ1) is 16.8. The standard InChI is InChI=1S/C21H21NO3/c1-24-20-11-7-6-10-17(20)14-22-13-12-18(16-8-4-3-5-9-16)19(15-22)21(23)25-2/h3-13,15,18H,14H2,1-2H3. The van der Waals surface area contributed by atoms with Gasteiger partial charge in [-0.05, 0) is 11.6 Å². The molecule has 0 N–H and O–H groups in total. The molecule has 2 aromatic carbocycles. The van der Waals surface area contributed by atoms with Gasteiger partial charge in [-0.15, -0.1) is 0 Å². The molecule has 0 aromatic heterocycles. The van der Waals surface area contributed by atoms with E-state index in [9.17, 15) is 4.79 Å². The highest BCUT2D eigenvalue weighted by atomic mass is 16.5. The lowest BCUT2D eigenvalue weighted by Crippen LogP contribution is -2.22. The fourth-order valence-electron chi connectivity index (χ4n) is 2.98. The summed E-state index contributed by atoms with van der Waals surface area (Å²) in [5.41, 5.74) is 2.73. The molecular formula is C21H21NO3. The number of esters is 1. The second kappa shape index (κ2) is 7.71. The van der Waals surface area contributed by atoms with Crippen molar-refractivity contribution >= 4 is 5.97 Å². The zero-order chi connectivity index (χ0) is 17.6. The number of carbonyl (C=O) groups excluding carboxylic acids is 1. The third-order valence-electron chi connectivity index (χ3n) is 4.24. The Morgan fingerprint density at radius 2 is 1.76 bits per heavy atom. The van der Waals surface area contributed by atoms with Crippen molar-refractivity contribution in [2.24, 2.45) is 0 Å². The number of benzene rings is 2. The maximum absolute atomic E-state index is 12.3. The van der Waals surface area contributed by atoms with E-state index < -0.39 is 0 Å². The Hall–Kier alpha value is -3.01. The molecule has 25 heavy (non-hydrogen) atoms. The molecular weight excluding hydrogens is 314 g/mol. The summed E-state index contributed by atoms with van der Waals surface area (Å²) in [7, 11) is 3.07. The molecule has 2 aromatic rings. The average Bonchev–Trinajstić information content (AvgIpc) is 2.68. The van der Waals surface area contributed by atoms with Crippen LogP contribution in [0.1, 0.15) is 17.0 Å². The van der Waals surface area contributed by atoms with Crippen molar-refractivity contribution < 1.29 is 14.3 Å². The number of ether oxygens (including phenoxy) is 2. The van der Waals surface area contributed by atoms with Crippen LogP contribution in [0.5, 0.6) is 5.75 Å². The number of carbonyl (C=O) groups is 1. The number of hydrogen-bond acceptors (Lipinski definition) is 4. The second-order valence-corrected chi connectivity index (χ2v) is 5.79. The van der Waals surface area contributed by atoms with Crippen LogP contribution < -0.4 is 4.74 Å². The number of para-hydroxylation sites is 1. The molecule has 1 heterocycles. The Morgan fingerprint density at radius 1 is 1.04 bits per heavy atom. The molecule has 128 valence electrons. The minimum absolute atomic E-state index is 0.109. The fourth-order valence-corrected chi connectivity index (χ4v) is 2.98. The number of nitrogens with zero attached hydrogens (tertiary/aromatic N) is 1. The van der Waals surface area contributed by atoms with Crippen molar-refractivity contribution in [2.45, 2.75) is 12.5 Å². The number of rotatable bonds is 5. The first-order chi connectivity index (χ1) is 12.2. The van der Waals surface area contributed by atoms with Crippen LogP contribution in [-0.2, 0) is 16.1 Å². The Morgan fingerprint density at radius 3 is 2.48 bits per heavy atom. The van der Waals surface area contributed by atoms with Gasteiger partial charge in [0, 0.05) is 23.9 Å². The number of methoxy groups -OCH3 is 2. The quantitative estimate of drug-likeness (QED) is 0.778. The largest absolute Gasteiger partial charge is 0.496 e. The van der Waals surface area contributed by atoms with Gasteiger partial charge in [0.05, 0.1) is 26.3 Å². The molecule has 3 rings (SSSR count). The van der Waals surface area contributed by atoms with E-state index in [1.54, 1.807) is 7.11 Å². The van der Waals surface area contributed by atoms with E-state index in [1.165, 1.54) is 7.11 Å². The molecule has 4 nitrogen and oxygen atoms in total. The van der Waals surface area contributed by atoms with Crippen molar-refractivity contribution in [1.29, 1.82) is 0 Å². The van der Waals surface area contributed by atoms with Crippen LogP contribution in [-0.4, -0.2) is 25.1 Å². The van der Waals surface area contributed by atoms with E-state index in [1.807, 2.05) is 78.0 Å². The lowest BCUT2D eigenvalue weighted by molar-refractivity contribution is -0.136. The van der Waals surface area contributed by atoms with Crippen LogP contribution in [0.2, 0.25) is 0 Å². The summed E-state index contributed by atoms with van der Waals surface area (Å²) < 4.78 is 10.4. The maximum Gasteiger partial charge on any atom is 0.336 e. The molecule has 0 saturated heterocycles. The van der Waals surface area contributed by atoms with E-state index in [4.69, 9.17) is 9.47 Å². The summed E-state index contributed by atoms with van der Waals surface area (Å²) >= 11 is 0. The van der Waals surface area contributed by atoms with Crippen LogP contribution >= 0.6 is 0 Å². The van der Waals surface area contributed by atoms with Gasteiger partial charge in [-0.25, -0.2) is 4.79 Å². The SMILES string of the molecule is COC(=O)C1=CN(Cc2ccccc2OC)C=CC1c1ccccc1. The second-order valence-electron chi connectivity index (χ2n) is 5.79. The lowest BCUT2D eigenvalue weighted by atomic mass is 9.90. The Kier molecular flexibility index (Phi) is 5.19. The predicted molar refractivity (Wildman–Crippen MR) is 97.0 cm³/mol. The molecule has 1 unspecified atom stereocenters. The van der Waals surface area contributed by atoms with Gasteiger partial charge in [0.15, 0.2) is 0 Å². The molecule has 0 aliphatic carbocycles. The van der Waals surface area contributed by atoms with Gasteiger partial charge in [0.2, 0.25) is 0 Å². The first-order valence-electron chi connectivity index (χ1n) is 8.14. The van der Waals surface area contributed by atoms with Crippen LogP contribution in [0.15, 0.2) is 78.6 Å². The number of hydrogen-bond donors (Lipinski definition) is 0. The summed E-state index contributed by atoms with van der Waals surface area (Å²) in [5.74, 6) is 0.403.